The van der Waals surface area contributed by atoms with Gasteiger partial charge in [-0.2, -0.15) is 0 Å². The lowest BCUT2D eigenvalue weighted by molar-refractivity contribution is -0.138. The molecule has 5 heteroatoms. The van der Waals surface area contributed by atoms with Gasteiger partial charge in [-0.1, -0.05) is 12.1 Å². The number of carbonyl (C=O) groups is 2. The van der Waals surface area contributed by atoms with Crippen LogP contribution in [0.1, 0.15) is 18.4 Å². The Balaban J connectivity index is 2.58. The molecule has 0 amide bonds. The third-order valence-electron chi connectivity index (χ3n) is 2.70. The van der Waals surface area contributed by atoms with Crippen molar-refractivity contribution in [2.24, 2.45) is 0 Å². The van der Waals surface area contributed by atoms with Gasteiger partial charge < -0.3 is 15.5 Å². The summed E-state index contributed by atoms with van der Waals surface area (Å²) in [6.45, 7) is 0. The predicted octanol–water partition coefficient (Wildman–Crippen LogP) is 0.957. The standard InChI is InChI=1S/C13H17NO4/c1-14-11(12(16)6-7-13(17)18)8-9-2-4-10(15)5-3-9/h2-5,11,14-15H,6-8H2,1H3,(H,17,18)/t11-/m0/s1. The van der Waals surface area contributed by atoms with Gasteiger partial charge in [-0.3, -0.25) is 9.59 Å². The number of phenolic OH excluding ortho intramolecular Hbond substituents is 1. The summed E-state index contributed by atoms with van der Waals surface area (Å²) in [5.74, 6) is -0.909. The van der Waals surface area contributed by atoms with E-state index in [1.807, 2.05) is 0 Å². The summed E-state index contributed by atoms with van der Waals surface area (Å²) >= 11 is 0. The number of nitrogens with one attached hydrogen (secondary N) is 1. The highest BCUT2D eigenvalue weighted by Gasteiger charge is 2.17. The van der Waals surface area contributed by atoms with E-state index in [1.54, 1.807) is 31.3 Å². The normalized spacial score (nSPS) is 12.1. The molecule has 18 heavy (non-hydrogen) atoms. The molecule has 1 aromatic rings. The van der Waals surface area contributed by atoms with Crippen LogP contribution in [-0.4, -0.2) is 35.1 Å². The zero-order valence-electron chi connectivity index (χ0n) is 10.2. The molecule has 0 radical (unpaired) electrons. The third kappa shape index (κ3) is 4.55. The first-order chi connectivity index (χ1) is 8.52. The topological polar surface area (TPSA) is 86.6 Å². The second kappa shape index (κ2) is 6.76. The zero-order chi connectivity index (χ0) is 13.5. The second-order valence-corrected chi connectivity index (χ2v) is 4.07. The quantitative estimate of drug-likeness (QED) is 0.672. The van der Waals surface area contributed by atoms with Crippen molar-refractivity contribution < 1.29 is 19.8 Å². The van der Waals surface area contributed by atoms with Crippen LogP contribution in [0.5, 0.6) is 5.75 Å². The summed E-state index contributed by atoms with van der Waals surface area (Å²) in [7, 11) is 1.67. The highest BCUT2D eigenvalue weighted by Crippen LogP contribution is 2.12. The van der Waals surface area contributed by atoms with Crippen molar-refractivity contribution in [3.8, 4) is 5.75 Å². The van der Waals surface area contributed by atoms with E-state index in [9.17, 15) is 9.59 Å². The molecule has 1 atom stereocenters. The Kier molecular flexibility index (Phi) is 5.32. The maximum atomic E-state index is 11.8. The number of ketones is 1. The number of Topliss-reactive ketones (excluding diaryl/α,β-unsaturated/α-hetero) is 1. The average Bonchev–Trinajstić information content (AvgIpc) is 2.35. The molecule has 1 rings (SSSR count). The first-order valence-electron chi connectivity index (χ1n) is 5.72. The average molecular weight is 251 g/mol. The molecule has 5 nitrogen and oxygen atoms in total. The van der Waals surface area contributed by atoms with Crippen LogP contribution in [0.4, 0.5) is 0 Å². The van der Waals surface area contributed by atoms with E-state index in [2.05, 4.69) is 5.32 Å². The lowest BCUT2D eigenvalue weighted by Gasteiger charge is -2.14. The molecule has 0 fully saturated rings. The Labute approximate surface area is 105 Å². The van der Waals surface area contributed by atoms with E-state index < -0.39 is 12.0 Å². The van der Waals surface area contributed by atoms with Gasteiger partial charge in [0.2, 0.25) is 0 Å². The number of likely N-dealkylation sites (N-methyl/N-ethyl adjacent to an activating group) is 1. The number of aliphatic carboxylic acids is 1. The molecule has 0 aliphatic carbocycles. The minimum Gasteiger partial charge on any atom is -0.508 e. The van der Waals surface area contributed by atoms with Gasteiger partial charge in [0.1, 0.15) is 5.75 Å². The lowest BCUT2D eigenvalue weighted by Crippen LogP contribution is -2.36. The summed E-state index contributed by atoms with van der Waals surface area (Å²) < 4.78 is 0. The van der Waals surface area contributed by atoms with Gasteiger partial charge >= 0.3 is 5.97 Å². The van der Waals surface area contributed by atoms with Crippen molar-refractivity contribution in [1.29, 1.82) is 0 Å². The first kappa shape index (κ1) is 14.2. The molecule has 0 unspecified atom stereocenters. The van der Waals surface area contributed by atoms with Crippen LogP contribution in [0, 0.1) is 0 Å². The number of hydrogen-bond acceptors (Lipinski definition) is 4. The SMILES string of the molecule is CN[C@@H](Cc1ccc(O)cc1)C(=O)CCC(=O)O. The van der Waals surface area contributed by atoms with Gasteiger partial charge in [-0.25, -0.2) is 0 Å². The van der Waals surface area contributed by atoms with E-state index in [0.29, 0.717) is 6.42 Å². The van der Waals surface area contributed by atoms with E-state index in [0.717, 1.165) is 5.56 Å². The zero-order valence-corrected chi connectivity index (χ0v) is 10.2. The third-order valence-corrected chi connectivity index (χ3v) is 2.70. The minimum absolute atomic E-state index is 0.0267. The lowest BCUT2D eigenvalue weighted by atomic mass is 10.00. The fourth-order valence-electron chi connectivity index (χ4n) is 1.65. The fourth-order valence-corrected chi connectivity index (χ4v) is 1.65. The number of aromatic hydroxyl groups is 1. The van der Waals surface area contributed by atoms with Crippen molar-refractivity contribution in [1.82, 2.24) is 5.32 Å². The van der Waals surface area contributed by atoms with Crippen LogP contribution < -0.4 is 5.32 Å². The smallest absolute Gasteiger partial charge is 0.303 e. The summed E-state index contributed by atoms with van der Waals surface area (Å²) in [6, 6.07) is 6.20. The van der Waals surface area contributed by atoms with E-state index >= 15 is 0 Å². The van der Waals surface area contributed by atoms with Crippen molar-refractivity contribution in [3.05, 3.63) is 29.8 Å². The summed E-state index contributed by atoms with van der Waals surface area (Å²) in [5.41, 5.74) is 0.913. The van der Waals surface area contributed by atoms with Crippen molar-refractivity contribution >= 4 is 11.8 Å². The first-order valence-corrected chi connectivity index (χ1v) is 5.72. The van der Waals surface area contributed by atoms with E-state index in [-0.39, 0.29) is 24.4 Å². The van der Waals surface area contributed by atoms with Gasteiger partial charge in [-0.05, 0) is 31.2 Å². The number of benzene rings is 1. The molecule has 0 aliphatic heterocycles. The number of carbonyl (C=O) groups excluding carboxylic acids is 1. The molecule has 0 aliphatic rings. The summed E-state index contributed by atoms with van der Waals surface area (Å²) in [4.78, 5) is 22.2. The molecule has 1 aromatic carbocycles. The van der Waals surface area contributed by atoms with Crippen LogP contribution in [0.2, 0.25) is 0 Å². The van der Waals surface area contributed by atoms with Crippen molar-refractivity contribution in [2.45, 2.75) is 25.3 Å². The monoisotopic (exact) mass is 251 g/mol. The number of carboxylic acid groups (broad SMARTS) is 1. The Bertz CT molecular complexity index is 414. The Morgan fingerprint density at radius 3 is 2.33 bits per heavy atom. The van der Waals surface area contributed by atoms with E-state index in [4.69, 9.17) is 10.2 Å². The molecular formula is C13H17NO4. The largest absolute Gasteiger partial charge is 0.508 e. The number of carboxylic acids is 1. The maximum Gasteiger partial charge on any atom is 0.303 e. The molecule has 0 saturated carbocycles. The Morgan fingerprint density at radius 2 is 1.83 bits per heavy atom. The minimum atomic E-state index is -0.970. The molecular weight excluding hydrogens is 234 g/mol. The van der Waals surface area contributed by atoms with Crippen LogP contribution in [0.25, 0.3) is 0 Å². The van der Waals surface area contributed by atoms with Crippen LogP contribution in [0.3, 0.4) is 0 Å². The molecule has 3 N–H and O–H groups in total. The highest BCUT2D eigenvalue weighted by atomic mass is 16.4. The Morgan fingerprint density at radius 1 is 1.22 bits per heavy atom. The number of phenols is 1. The van der Waals surface area contributed by atoms with Crippen LogP contribution >= 0.6 is 0 Å². The molecule has 0 aromatic heterocycles. The van der Waals surface area contributed by atoms with Gasteiger partial charge in [0.05, 0.1) is 12.5 Å². The maximum absolute atomic E-state index is 11.8. The molecule has 98 valence electrons. The fraction of sp³-hybridized carbons (Fsp3) is 0.385. The van der Waals surface area contributed by atoms with Gasteiger partial charge in [0.25, 0.3) is 0 Å². The number of hydrogen-bond donors (Lipinski definition) is 3. The second-order valence-electron chi connectivity index (χ2n) is 4.07. The van der Waals surface area contributed by atoms with Gasteiger partial charge in [-0.15, -0.1) is 0 Å². The Hall–Kier alpha value is -1.88. The summed E-state index contributed by atoms with van der Waals surface area (Å²) in [6.07, 6.45) is 0.362. The van der Waals surface area contributed by atoms with Crippen LogP contribution in [0.15, 0.2) is 24.3 Å². The summed E-state index contributed by atoms with van der Waals surface area (Å²) in [5, 5.41) is 20.6. The molecule has 0 spiro atoms. The molecule has 0 saturated heterocycles. The van der Waals surface area contributed by atoms with Gasteiger partial charge in [0, 0.05) is 6.42 Å². The van der Waals surface area contributed by atoms with Crippen LogP contribution in [-0.2, 0) is 16.0 Å². The van der Waals surface area contributed by atoms with Crippen molar-refractivity contribution in [3.63, 3.8) is 0 Å². The van der Waals surface area contributed by atoms with E-state index in [1.165, 1.54) is 0 Å². The van der Waals surface area contributed by atoms with Gasteiger partial charge in [0.15, 0.2) is 5.78 Å². The van der Waals surface area contributed by atoms with Crippen molar-refractivity contribution in [2.75, 3.05) is 7.05 Å². The predicted molar refractivity (Wildman–Crippen MR) is 66.5 cm³/mol. The highest BCUT2D eigenvalue weighted by molar-refractivity contribution is 5.87. The molecule has 0 bridgehead atoms. The number of rotatable bonds is 7. The molecule has 0 heterocycles.